The number of thioether (sulfide) groups is 1. The highest BCUT2D eigenvalue weighted by Crippen LogP contribution is 2.20. The predicted octanol–water partition coefficient (Wildman–Crippen LogP) is 5.71. The molecule has 1 saturated carbocycles. The highest BCUT2D eigenvalue weighted by molar-refractivity contribution is 7.98. The Hall–Kier alpha value is -2.34. The number of hydrogen-bond acceptors (Lipinski definition) is 3. The van der Waals surface area contributed by atoms with E-state index >= 15 is 0 Å². The number of benzene rings is 2. The number of nitrogens with one attached hydrogen (secondary N) is 1. The van der Waals surface area contributed by atoms with Crippen LogP contribution in [0, 0.1) is 5.82 Å². The van der Waals surface area contributed by atoms with E-state index < -0.39 is 6.04 Å². The Bertz CT molecular complexity index is 869. The zero-order valence-corrected chi connectivity index (χ0v) is 20.3. The minimum Gasteiger partial charge on any atom is -0.352 e. The Morgan fingerprint density at radius 3 is 2.39 bits per heavy atom. The third-order valence-electron chi connectivity index (χ3n) is 6.18. The maximum Gasteiger partial charge on any atom is 0.243 e. The van der Waals surface area contributed by atoms with Crippen molar-refractivity contribution in [1.29, 1.82) is 0 Å². The van der Waals surface area contributed by atoms with Crippen molar-refractivity contribution < 1.29 is 14.0 Å². The van der Waals surface area contributed by atoms with E-state index in [9.17, 15) is 14.0 Å². The number of rotatable bonds is 11. The van der Waals surface area contributed by atoms with Gasteiger partial charge in [0.15, 0.2) is 0 Å². The summed E-state index contributed by atoms with van der Waals surface area (Å²) < 4.78 is 13.4. The van der Waals surface area contributed by atoms with E-state index in [0.29, 0.717) is 25.1 Å². The molecule has 0 radical (unpaired) electrons. The van der Waals surface area contributed by atoms with E-state index in [2.05, 4.69) is 17.4 Å². The SMILES string of the molecule is CC[C@H](C(=O)NC1CCCCC1)N(Cc1ccc(F)cc1)C(=O)CCSCc1ccccc1. The van der Waals surface area contributed by atoms with Crippen LogP contribution in [0.25, 0.3) is 0 Å². The Kier molecular flexibility index (Phi) is 10.3. The van der Waals surface area contributed by atoms with Crippen molar-refractivity contribution in [2.24, 2.45) is 0 Å². The molecule has 3 rings (SSSR count). The molecule has 2 aromatic rings. The van der Waals surface area contributed by atoms with Crippen molar-refractivity contribution in [3.8, 4) is 0 Å². The molecule has 1 aliphatic carbocycles. The smallest absolute Gasteiger partial charge is 0.243 e. The van der Waals surface area contributed by atoms with Gasteiger partial charge in [0, 0.05) is 30.5 Å². The van der Waals surface area contributed by atoms with Gasteiger partial charge in [-0.05, 0) is 42.5 Å². The fourth-order valence-corrected chi connectivity index (χ4v) is 5.21. The van der Waals surface area contributed by atoms with Crippen LogP contribution in [0.15, 0.2) is 54.6 Å². The second-order valence-corrected chi connectivity index (χ2v) is 9.81. The van der Waals surface area contributed by atoms with Gasteiger partial charge < -0.3 is 10.2 Å². The molecule has 178 valence electrons. The predicted molar refractivity (Wildman–Crippen MR) is 133 cm³/mol. The first-order valence-corrected chi connectivity index (χ1v) is 13.2. The van der Waals surface area contributed by atoms with Gasteiger partial charge >= 0.3 is 0 Å². The van der Waals surface area contributed by atoms with Crippen molar-refractivity contribution in [3.63, 3.8) is 0 Å². The molecule has 2 amide bonds. The van der Waals surface area contributed by atoms with Gasteiger partial charge in [-0.1, -0.05) is 68.7 Å². The van der Waals surface area contributed by atoms with E-state index in [1.807, 2.05) is 25.1 Å². The first kappa shape index (κ1) is 25.3. The van der Waals surface area contributed by atoms with E-state index in [0.717, 1.165) is 37.0 Å². The lowest BCUT2D eigenvalue weighted by Gasteiger charge is -2.33. The van der Waals surface area contributed by atoms with Crippen LogP contribution in [-0.4, -0.2) is 34.6 Å². The van der Waals surface area contributed by atoms with Gasteiger partial charge in [0.05, 0.1) is 0 Å². The Balaban J connectivity index is 1.64. The van der Waals surface area contributed by atoms with Crippen molar-refractivity contribution >= 4 is 23.6 Å². The molecule has 1 aliphatic rings. The molecule has 1 fully saturated rings. The third-order valence-corrected chi connectivity index (χ3v) is 7.21. The number of carbonyl (C=O) groups is 2. The standard InChI is InChI=1S/C27H35FN2O2S/c1-2-25(27(32)29-24-11-7-4-8-12-24)30(19-21-13-15-23(28)16-14-21)26(31)17-18-33-20-22-9-5-3-6-10-22/h3,5-6,9-10,13-16,24-25H,2,4,7-8,11-12,17-20H2,1H3,(H,29,32)/t25-/m1/s1. The lowest BCUT2D eigenvalue weighted by atomic mass is 9.95. The quantitative estimate of drug-likeness (QED) is 0.428. The van der Waals surface area contributed by atoms with E-state index in [1.165, 1.54) is 24.1 Å². The number of halogens is 1. The minimum atomic E-state index is -0.524. The van der Waals surface area contributed by atoms with Gasteiger partial charge in [0.25, 0.3) is 0 Å². The zero-order chi connectivity index (χ0) is 23.5. The first-order valence-electron chi connectivity index (χ1n) is 12.0. The van der Waals surface area contributed by atoms with Crippen molar-refractivity contribution in [3.05, 3.63) is 71.5 Å². The normalized spacial score (nSPS) is 15.1. The maximum atomic E-state index is 13.4. The molecule has 0 spiro atoms. The molecular weight excluding hydrogens is 435 g/mol. The van der Waals surface area contributed by atoms with E-state index in [-0.39, 0.29) is 23.7 Å². The molecule has 0 aromatic heterocycles. The molecule has 0 bridgehead atoms. The van der Waals surface area contributed by atoms with Crippen molar-refractivity contribution in [2.75, 3.05) is 5.75 Å². The topological polar surface area (TPSA) is 49.4 Å². The van der Waals surface area contributed by atoms with Crippen LogP contribution in [0.2, 0.25) is 0 Å². The zero-order valence-electron chi connectivity index (χ0n) is 19.5. The van der Waals surface area contributed by atoms with Crippen molar-refractivity contribution in [2.45, 2.75) is 76.3 Å². The summed E-state index contributed by atoms with van der Waals surface area (Å²) in [6.45, 7) is 2.25. The van der Waals surface area contributed by atoms with E-state index in [4.69, 9.17) is 0 Å². The van der Waals surface area contributed by atoms with Gasteiger partial charge in [-0.25, -0.2) is 4.39 Å². The van der Waals surface area contributed by atoms with Crippen LogP contribution in [-0.2, 0) is 21.9 Å². The molecule has 2 aromatic carbocycles. The lowest BCUT2D eigenvalue weighted by Crippen LogP contribution is -2.51. The Labute approximate surface area is 201 Å². The summed E-state index contributed by atoms with van der Waals surface area (Å²) in [5.74, 6) is 1.12. The van der Waals surface area contributed by atoms with Gasteiger partial charge in [0.1, 0.15) is 11.9 Å². The third kappa shape index (κ3) is 8.18. The highest BCUT2D eigenvalue weighted by atomic mass is 32.2. The number of nitrogens with zero attached hydrogens (tertiary/aromatic N) is 1. The van der Waals surface area contributed by atoms with Crippen LogP contribution >= 0.6 is 11.8 Å². The summed E-state index contributed by atoms with van der Waals surface area (Å²) in [6, 6.07) is 16.0. The van der Waals surface area contributed by atoms with Gasteiger partial charge in [0.2, 0.25) is 11.8 Å². The molecule has 1 atom stereocenters. The van der Waals surface area contributed by atoms with Gasteiger partial charge in [-0.3, -0.25) is 9.59 Å². The van der Waals surface area contributed by atoms with Crippen LogP contribution in [0.4, 0.5) is 4.39 Å². The number of hydrogen-bond donors (Lipinski definition) is 1. The largest absolute Gasteiger partial charge is 0.352 e. The number of carbonyl (C=O) groups excluding carboxylic acids is 2. The first-order chi connectivity index (χ1) is 16.1. The van der Waals surface area contributed by atoms with Gasteiger partial charge in [-0.15, -0.1) is 0 Å². The van der Waals surface area contributed by atoms with Crippen molar-refractivity contribution in [1.82, 2.24) is 10.2 Å². The molecule has 0 aliphatic heterocycles. The van der Waals surface area contributed by atoms with Crippen LogP contribution < -0.4 is 5.32 Å². The second-order valence-electron chi connectivity index (χ2n) is 8.70. The average molecular weight is 471 g/mol. The van der Waals surface area contributed by atoms with Gasteiger partial charge in [-0.2, -0.15) is 11.8 Å². The molecule has 0 heterocycles. The van der Waals surface area contributed by atoms with E-state index in [1.54, 1.807) is 28.8 Å². The highest BCUT2D eigenvalue weighted by Gasteiger charge is 2.30. The fourth-order valence-electron chi connectivity index (χ4n) is 4.32. The average Bonchev–Trinajstić information content (AvgIpc) is 2.84. The Morgan fingerprint density at radius 1 is 1.03 bits per heavy atom. The Morgan fingerprint density at radius 2 is 1.73 bits per heavy atom. The summed E-state index contributed by atoms with van der Waals surface area (Å²) in [6.07, 6.45) is 6.42. The monoisotopic (exact) mass is 470 g/mol. The summed E-state index contributed by atoms with van der Waals surface area (Å²) >= 11 is 1.72. The van der Waals surface area contributed by atoms with Crippen LogP contribution in [0.3, 0.4) is 0 Å². The van der Waals surface area contributed by atoms with Crippen LogP contribution in [0.5, 0.6) is 0 Å². The maximum absolute atomic E-state index is 13.4. The van der Waals surface area contributed by atoms with Crippen LogP contribution in [0.1, 0.15) is 63.0 Å². The minimum absolute atomic E-state index is 0.0365. The molecule has 4 nitrogen and oxygen atoms in total. The summed E-state index contributed by atoms with van der Waals surface area (Å²) in [7, 11) is 0. The molecule has 6 heteroatoms. The molecular formula is C27H35FN2O2S. The summed E-state index contributed by atoms with van der Waals surface area (Å²) in [4.78, 5) is 28.1. The second kappa shape index (κ2) is 13.4. The fraction of sp³-hybridized carbons (Fsp3) is 0.481. The summed E-state index contributed by atoms with van der Waals surface area (Å²) in [5.41, 5.74) is 2.06. The number of amides is 2. The molecule has 0 unspecified atom stereocenters. The molecule has 0 saturated heterocycles. The lowest BCUT2D eigenvalue weighted by molar-refractivity contribution is -0.141. The molecule has 33 heavy (non-hydrogen) atoms. The summed E-state index contributed by atoms with van der Waals surface area (Å²) in [5, 5.41) is 3.19. The molecule has 1 N–H and O–H groups in total.